The molecule has 20 heavy (non-hydrogen) atoms. The minimum Gasteiger partial charge on any atom is -0.366 e. The van der Waals surface area contributed by atoms with Gasteiger partial charge >= 0.3 is 0 Å². The maximum absolute atomic E-state index is 10.6. The topological polar surface area (TPSA) is 156 Å². The summed E-state index contributed by atoms with van der Waals surface area (Å²) in [5, 5.41) is 0. The van der Waals surface area contributed by atoms with Crippen molar-refractivity contribution in [3.05, 3.63) is 35.4 Å². The Morgan fingerprint density at radius 1 is 0.950 bits per heavy atom. The van der Waals surface area contributed by atoms with Crippen LogP contribution in [0.1, 0.15) is 54.3 Å². The van der Waals surface area contributed by atoms with E-state index < -0.39 is 11.8 Å². The van der Waals surface area contributed by atoms with E-state index >= 15 is 0 Å². The van der Waals surface area contributed by atoms with Gasteiger partial charge in [-0.25, -0.2) is 0 Å². The van der Waals surface area contributed by atoms with E-state index in [0.29, 0.717) is 11.1 Å². The molecular formula is C14H28N4O2. The van der Waals surface area contributed by atoms with Crippen molar-refractivity contribution in [2.75, 3.05) is 0 Å². The minimum atomic E-state index is -0.522. The molecule has 0 spiro atoms. The highest BCUT2D eigenvalue weighted by Gasteiger charge is 2.02. The third kappa shape index (κ3) is 10.0. The summed E-state index contributed by atoms with van der Waals surface area (Å²) in [6.45, 7) is 6.73. The molecule has 0 aliphatic rings. The van der Waals surface area contributed by atoms with E-state index in [4.69, 9.17) is 11.5 Å². The maximum Gasteiger partial charge on any atom is 0.248 e. The van der Waals surface area contributed by atoms with Crippen LogP contribution < -0.4 is 23.8 Å². The number of benzene rings is 1. The quantitative estimate of drug-likeness (QED) is 0.670. The first-order valence-corrected chi connectivity index (χ1v) is 6.08. The molecule has 0 aliphatic heterocycles. The highest BCUT2D eigenvalue weighted by molar-refractivity contribution is 5.96. The summed E-state index contributed by atoms with van der Waals surface area (Å²) in [6, 6.07) is 5.84. The van der Waals surface area contributed by atoms with E-state index in [1.54, 1.807) is 0 Å². The van der Waals surface area contributed by atoms with Gasteiger partial charge in [-0.2, -0.15) is 0 Å². The Bertz CT molecular complexity index is 356. The zero-order valence-corrected chi connectivity index (χ0v) is 12.7. The first-order valence-electron chi connectivity index (χ1n) is 6.08. The van der Waals surface area contributed by atoms with E-state index in [1.807, 2.05) is 0 Å². The summed E-state index contributed by atoms with van der Waals surface area (Å²) in [5.41, 5.74) is 10.7. The van der Waals surface area contributed by atoms with Crippen LogP contribution in [0.5, 0.6) is 0 Å². The van der Waals surface area contributed by atoms with E-state index in [1.165, 1.54) is 37.1 Å². The van der Waals surface area contributed by atoms with E-state index in [-0.39, 0.29) is 12.3 Å². The molecule has 1 rings (SSSR count). The molecule has 0 saturated carbocycles. The lowest BCUT2D eigenvalue weighted by molar-refractivity contribution is 0.0988. The van der Waals surface area contributed by atoms with Crippen molar-refractivity contribution >= 4 is 11.8 Å². The number of nitrogens with two attached hydrogens (primary N) is 2. The van der Waals surface area contributed by atoms with Gasteiger partial charge in [0.1, 0.15) is 0 Å². The summed E-state index contributed by atoms with van der Waals surface area (Å²) in [7, 11) is 0. The second kappa shape index (κ2) is 12.1. The predicted octanol–water partition coefficient (Wildman–Crippen LogP) is 2.65. The summed E-state index contributed by atoms with van der Waals surface area (Å²) in [6.07, 6.45) is 2.71. The van der Waals surface area contributed by atoms with Gasteiger partial charge in [-0.3, -0.25) is 9.59 Å². The van der Waals surface area contributed by atoms with Crippen molar-refractivity contribution in [1.29, 1.82) is 0 Å². The van der Waals surface area contributed by atoms with Gasteiger partial charge in [0.25, 0.3) is 0 Å². The van der Waals surface area contributed by atoms with Crippen LogP contribution >= 0.6 is 0 Å². The van der Waals surface area contributed by atoms with Crippen molar-refractivity contribution in [3.8, 4) is 0 Å². The second-order valence-corrected chi connectivity index (χ2v) is 4.49. The number of rotatable bonds is 4. The third-order valence-corrected chi connectivity index (χ3v) is 2.32. The lowest BCUT2D eigenvalue weighted by Crippen LogP contribution is -2.13. The molecule has 1 aromatic rings. The average molecular weight is 284 g/mol. The van der Waals surface area contributed by atoms with Crippen LogP contribution in [-0.4, -0.2) is 11.8 Å². The van der Waals surface area contributed by atoms with Gasteiger partial charge in [0.15, 0.2) is 0 Å². The fraction of sp³-hybridized carbons (Fsp3) is 0.429. The molecule has 0 aliphatic carbocycles. The van der Waals surface area contributed by atoms with Gasteiger partial charge in [-0.05, 0) is 30.2 Å². The number of primary amides is 2. The highest BCUT2D eigenvalue weighted by Crippen LogP contribution is 2.02. The normalized spacial score (nSPS) is 8.60. The molecule has 0 fully saturated rings. The zero-order valence-electron chi connectivity index (χ0n) is 12.7. The highest BCUT2D eigenvalue weighted by atomic mass is 16.1. The minimum absolute atomic E-state index is 0. The van der Waals surface area contributed by atoms with Crippen molar-refractivity contribution in [3.63, 3.8) is 0 Å². The van der Waals surface area contributed by atoms with Gasteiger partial charge in [0, 0.05) is 11.1 Å². The first-order chi connectivity index (χ1) is 8.38. The molecule has 0 saturated heterocycles. The number of hydrogen-bond acceptors (Lipinski definition) is 4. The van der Waals surface area contributed by atoms with Crippen molar-refractivity contribution < 1.29 is 9.59 Å². The van der Waals surface area contributed by atoms with E-state index in [0.717, 1.165) is 5.92 Å². The molecule has 6 heteroatoms. The smallest absolute Gasteiger partial charge is 0.248 e. The summed E-state index contributed by atoms with van der Waals surface area (Å²) >= 11 is 0. The Kier molecular flexibility index (Phi) is 14.1. The van der Waals surface area contributed by atoms with Gasteiger partial charge in [0.05, 0.1) is 0 Å². The summed E-state index contributed by atoms with van der Waals surface area (Å²) in [5.74, 6) is -0.146. The number of amides is 2. The van der Waals surface area contributed by atoms with Gasteiger partial charge < -0.3 is 23.8 Å². The fourth-order valence-corrected chi connectivity index (χ4v) is 1.38. The molecule has 6 nitrogen and oxygen atoms in total. The Labute approximate surface area is 121 Å². The fourth-order valence-electron chi connectivity index (χ4n) is 1.38. The van der Waals surface area contributed by atoms with Crippen LogP contribution in [0.3, 0.4) is 0 Å². The first kappa shape index (κ1) is 23.2. The SMILES string of the molecule is CCCC(C)C.N.N.NC(=O)c1ccc(C(N)=O)cc1. The van der Waals surface area contributed by atoms with Crippen LogP contribution in [-0.2, 0) is 0 Å². The number of hydrogen-bond donors (Lipinski definition) is 4. The molecule has 0 aromatic heterocycles. The van der Waals surface area contributed by atoms with Gasteiger partial charge in [-0.1, -0.05) is 33.6 Å². The largest absolute Gasteiger partial charge is 0.366 e. The second-order valence-electron chi connectivity index (χ2n) is 4.49. The van der Waals surface area contributed by atoms with Crippen LogP contribution in [0.2, 0.25) is 0 Å². The Morgan fingerprint density at radius 3 is 1.35 bits per heavy atom. The number of carbonyl (C=O) groups excluding carboxylic acids is 2. The Balaban J connectivity index is -0.000000316. The summed E-state index contributed by atoms with van der Waals surface area (Å²) in [4.78, 5) is 21.2. The van der Waals surface area contributed by atoms with Crippen molar-refractivity contribution in [2.24, 2.45) is 17.4 Å². The van der Waals surface area contributed by atoms with Gasteiger partial charge in [0.2, 0.25) is 11.8 Å². The predicted molar refractivity (Wildman–Crippen MR) is 83.3 cm³/mol. The van der Waals surface area contributed by atoms with E-state index in [9.17, 15) is 9.59 Å². The lowest BCUT2D eigenvalue weighted by atomic mass is 10.1. The molecule has 0 atom stereocenters. The molecule has 0 heterocycles. The average Bonchev–Trinajstić information content (AvgIpc) is 2.29. The molecule has 116 valence electrons. The van der Waals surface area contributed by atoms with Crippen molar-refractivity contribution in [2.45, 2.75) is 33.6 Å². The van der Waals surface area contributed by atoms with Crippen LogP contribution in [0.4, 0.5) is 0 Å². The Morgan fingerprint density at radius 2 is 1.25 bits per heavy atom. The molecule has 0 radical (unpaired) electrons. The van der Waals surface area contributed by atoms with Crippen LogP contribution in [0, 0.1) is 5.92 Å². The van der Waals surface area contributed by atoms with Gasteiger partial charge in [-0.15, -0.1) is 0 Å². The van der Waals surface area contributed by atoms with Crippen molar-refractivity contribution in [1.82, 2.24) is 12.3 Å². The molecule has 10 N–H and O–H groups in total. The zero-order chi connectivity index (χ0) is 14.1. The standard InChI is InChI=1S/C8H8N2O2.C6H14.2H3N/c9-7(11)5-1-2-6(4-3-5)8(10)12;1-4-5-6(2)3;;/h1-4H,(H2,9,11)(H2,10,12);6H,4-5H2,1-3H3;2*1H3. The molecule has 0 bridgehead atoms. The van der Waals surface area contributed by atoms with E-state index in [2.05, 4.69) is 20.8 Å². The molecular weight excluding hydrogens is 256 g/mol. The van der Waals surface area contributed by atoms with Crippen LogP contribution in [0.15, 0.2) is 24.3 Å². The Hall–Kier alpha value is -1.92. The van der Waals surface area contributed by atoms with Crippen LogP contribution in [0.25, 0.3) is 0 Å². The molecule has 0 unspecified atom stereocenters. The third-order valence-electron chi connectivity index (χ3n) is 2.32. The maximum atomic E-state index is 10.6. The monoisotopic (exact) mass is 284 g/mol. The number of carbonyl (C=O) groups is 2. The molecule has 1 aromatic carbocycles. The molecule has 2 amide bonds. The summed E-state index contributed by atoms with van der Waals surface area (Å²) < 4.78 is 0. The lowest BCUT2D eigenvalue weighted by Gasteiger charge is -1.96.